The monoisotopic (exact) mass is 367 g/mol. The topological polar surface area (TPSA) is 59.6 Å². The number of hydrogen-bond acceptors (Lipinski definition) is 2. The average molecular weight is 367 g/mol. The number of nitrogens with two attached hydrogens (primary N) is 1. The highest BCUT2D eigenvalue weighted by Crippen LogP contribution is 2.57. The molecule has 4 nitrogen and oxygen atoms in total. The molecule has 2 rings (SSSR count). The summed E-state index contributed by atoms with van der Waals surface area (Å²) in [6, 6.07) is 0.480. The van der Waals surface area contributed by atoms with Crippen LogP contribution in [0.15, 0.2) is 4.99 Å². The van der Waals surface area contributed by atoms with Gasteiger partial charge in [-0.1, -0.05) is 13.3 Å². The first-order chi connectivity index (χ1) is 8.23. The second kappa shape index (κ2) is 6.93. The van der Waals surface area contributed by atoms with Crippen molar-refractivity contribution in [2.75, 3.05) is 13.2 Å². The lowest BCUT2D eigenvalue weighted by Gasteiger charge is -2.61. The standard InChI is InChI=1S/C13H25N3O.HI/c1-3-8-15-12(14)16-10-9-11(17-4-2)13(10)6-5-7-13;/h10-11H,3-9H2,1-2H3,(H3,14,15,16);1H. The van der Waals surface area contributed by atoms with E-state index in [4.69, 9.17) is 10.5 Å². The van der Waals surface area contributed by atoms with Gasteiger partial charge in [0.15, 0.2) is 5.96 Å². The van der Waals surface area contributed by atoms with E-state index in [1.807, 2.05) is 0 Å². The SMILES string of the molecule is CCCN=C(N)NC1CC(OCC)C12CCC2.I. The number of guanidine groups is 1. The van der Waals surface area contributed by atoms with Gasteiger partial charge in [-0.25, -0.2) is 0 Å². The lowest BCUT2D eigenvalue weighted by atomic mass is 9.51. The van der Waals surface area contributed by atoms with Gasteiger partial charge in [-0.2, -0.15) is 0 Å². The molecule has 1 spiro atoms. The van der Waals surface area contributed by atoms with Crippen LogP contribution in [0.3, 0.4) is 0 Å². The predicted octanol–water partition coefficient (Wildman–Crippen LogP) is 2.27. The molecule has 0 amide bonds. The Morgan fingerprint density at radius 2 is 2.17 bits per heavy atom. The molecule has 0 aromatic rings. The predicted molar refractivity (Wildman–Crippen MR) is 85.4 cm³/mol. The van der Waals surface area contributed by atoms with E-state index in [2.05, 4.69) is 24.2 Å². The Morgan fingerprint density at radius 3 is 2.67 bits per heavy atom. The van der Waals surface area contributed by atoms with Crippen molar-refractivity contribution in [1.82, 2.24) is 5.32 Å². The summed E-state index contributed by atoms with van der Waals surface area (Å²) in [7, 11) is 0. The van der Waals surface area contributed by atoms with Crippen LogP contribution in [0.25, 0.3) is 0 Å². The maximum atomic E-state index is 5.89. The molecule has 0 aliphatic heterocycles. The Labute approximate surface area is 127 Å². The first-order valence-electron chi connectivity index (χ1n) is 6.91. The summed E-state index contributed by atoms with van der Waals surface area (Å²) in [5.74, 6) is 0.609. The van der Waals surface area contributed by atoms with Crippen LogP contribution in [0, 0.1) is 5.41 Å². The number of nitrogens with zero attached hydrogens (tertiary/aromatic N) is 1. The van der Waals surface area contributed by atoms with E-state index < -0.39 is 0 Å². The Kier molecular flexibility index (Phi) is 6.17. The number of nitrogens with one attached hydrogen (secondary N) is 1. The fraction of sp³-hybridized carbons (Fsp3) is 0.923. The van der Waals surface area contributed by atoms with Crippen molar-refractivity contribution in [3.8, 4) is 0 Å². The average Bonchev–Trinajstić information content (AvgIpc) is 2.22. The molecule has 5 heteroatoms. The molecule has 106 valence electrons. The van der Waals surface area contributed by atoms with Crippen molar-refractivity contribution in [3.05, 3.63) is 0 Å². The van der Waals surface area contributed by atoms with Gasteiger partial charge in [0.25, 0.3) is 0 Å². The molecule has 2 saturated carbocycles. The number of ether oxygens (including phenoxy) is 1. The van der Waals surface area contributed by atoms with Gasteiger partial charge in [-0.3, -0.25) is 4.99 Å². The summed E-state index contributed by atoms with van der Waals surface area (Å²) in [5.41, 5.74) is 6.25. The Bertz CT molecular complexity index is 292. The number of hydrogen-bond donors (Lipinski definition) is 2. The summed E-state index contributed by atoms with van der Waals surface area (Å²) in [4.78, 5) is 4.30. The van der Waals surface area contributed by atoms with E-state index in [1.54, 1.807) is 0 Å². The quantitative estimate of drug-likeness (QED) is 0.445. The molecule has 3 N–H and O–H groups in total. The first-order valence-corrected chi connectivity index (χ1v) is 6.91. The molecule has 0 aromatic carbocycles. The van der Waals surface area contributed by atoms with E-state index >= 15 is 0 Å². The molecule has 2 unspecified atom stereocenters. The van der Waals surface area contributed by atoms with Crippen molar-refractivity contribution >= 4 is 29.9 Å². The molecule has 18 heavy (non-hydrogen) atoms. The van der Waals surface area contributed by atoms with Crippen LogP contribution in [-0.4, -0.2) is 31.3 Å². The highest BCUT2D eigenvalue weighted by Gasteiger charge is 2.59. The summed E-state index contributed by atoms with van der Waals surface area (Å²) in [5, 5.41) is 3.38. The minimum absolute atomic E-state index is 0. The molecule has 0 aromatic heterocycles. The summed E-state index contributed by atoms with van der Waals surface area (Å²) in [6.45, 7) is 5.81. The summed E-state index contributed by atoms with van der Waals surface area (Å²) < 4.78 is 5.81. The van der Waals surface area contributed by atoms with Gasteiger partial charge in [-0.05, 0) is 32.6 Å². The zero-order valence-electron chi connectivity index (χ0n) is 11.4. The molecule has 0 bridgehead atoms. The summed E-state index contributed by atoms with van der Waals surface area (Å²) >= 11 is 0. The maximum absolute atomic E-state index is 5.89. The third-order valence-electron chi connectivity index (χ3n) is 4.27. The van der Waals surface area contributed by atoms with Gasteiger partial charge in [0.1, 0.15) is 0 Å². The normalized spacial score (nSPS) is 29.1. The number of rotatable bonds is 5. The molecule has 2 atom stereocenters. The van der Waals surface area contributed by atoms with E-state index in [1.165, 1.54) is 19.3 Å². The molecule has 0 radical (unpaired) electrons. The summed E-state index contributed by atoms with van der Waals surface area (Å²) in [6.07, 6.45) is 6.44. The lowest BCUT2D eigenvalue weighted by molar-refractivity contribution is -0.168. The van der Waals surface area contributed by atoms with Crippen LogP contribution in [0.1, 0.15) is 46.0 Å². The van der Waals surface area contributed by atoms with Crippen molar-refractivity contribution in [3.63, 3.8) is 0 Å². The fourth-order valence-electron chi connectivity index (χ4n) is 3.10. The third kappa shape index (κ3) is 2.92. The zero-order chi connectivity index (χ0) is 12.3. The Balaban J connectivity index is 0.00000162. The zero-order valence-corrected chi connectivity index (χ0v) is 13.8. The van der Waals surface area contributed by atoms with Crippen LogP contribution < -0.4 is 11.1 Å². The second-order valence-corrected chi connectivity index (χ2v) is 5.23. The van der Waals surface area contributed by atoms with Crippen molar-refractivity contribution in [2.24, 2.45) is 16.1 Å². The van der Waals surface area contributed by atoms with Gasteiger partial charge >= 0.3 is 0 Å². The molecular weight excluding hydrogens is 341 g/mol. The van der Waals surface area contributed by atoms with Crippen molar-refractivity contribution < 1.29 is 4.74 Å². The second-order valence-electron chi connectivity index (χ2n) is 5.23. The van der Waals surface area contributed by atoms with Gasteiger partial charge < -0.3 is 15.8 Å². The lowest BCUT2D eigenvalue weighted by Crippen LogP contribution is -2.68. The molecular formula is C13H26IN3O. The van der Waals surface area contributed by atoms with Gasteiger partial charge in [0.05, 0.1) is 6.10 Å². The fourth-order valence-corrected chi connectivity index (χ4v) is 3.10. The van der Waals surface area contributed by atoms with Crippen LogP contribution in [0.4, 0.5) is 0 Å². The molecule has 2 fully saturated rings. The maximum Gasteiger partial charge on any atom is 0.188 e. The van der Waals surface area contributed by atoms with Gasteiger partial charge in [0.2, 0.25) is 0 Å². The minimum Gasteiger partial charge on any atom is -0.378 e. The third-order valence-corrected chi connectivity index (χ3v) is 4.27. The van der Waals surface area contributed by atoms with E-state index in [9.17, 15) is 0 Å². The minimum atomic E-state index is 0. The molecule has 0 heterocycles. The number of aliphatic imine (C=N–C) groups is 1. The van der Waals surface area contributed by atoms with Crippen molar-refractivity contribution in [2.45, 2.75) is 58.1 Å². The van der Waals surface area contributed by atoms with Crippen LogP contribution in [0.2, 0.25) is 0 Å². The van der Waals surface area contributed by atoms with E-state index in [-0.39, 0.29) is 24.0 Å². The van der Waals surface area contributed by atoms with Crippen LogP contribution in [-0.2, 0) is 4.74 Å². The molecule has 0 saturated heterocycles. The first kappa shape index (κ1) is 16.0. The Morgan fingerprint density at radius 1 is 1.44 bits per heavy atom. The highest BCUT2D eigenvalue weighted by molar-refractivity contribution is 14.0. The van der Waals surface area contributed by atoms with Crippen LogP contribution in [0.5, 0.6) is 0 Å². The van der Waals surface area contributed by atoms with E-state index in [0.29, 0.717) is 23.5 Å². The van der Waals surface area contributed by atoms with Crippen LogP contribution >= 0.6 is 24.0 Å². The van der Waals surface area contributed by atoms with E-state index in [0.717, 1.165) is 26.0 Å². The highest BCUT2D eigenvalue weighted by atomic mass is 127. The molecule has 2 aliphatic carbocycles. The Hall–Kier alpha value is -0.0400. The molecule has 2 aliphatic rings. The van der Waals surface area contributed by atoms with Gasteiger partial charge in [-0.15, -0.1) is 24.0 Å². The van der Waals surface area contributed by atoms with Gasteiger partial charge in [0, 0.05) is 24.6 Å². The number of halogens is 1. The smallest absolute Gasteiger partial charge is 0.188 e. The largest absolute Gasteiger partial charge is 0.378 e. The van der Waals surface area contributed by atoms with Crippen molar-refractivity contribution in [1.29, 1.82) is 0 Å².